The van der Waals surface area contributed by atoms with Gasteiger partial charge in [0.05, 0.1) is 5.52 Å². The van der Waals surface area contributed by atoms with E-state index in [-0.39, 0.29) is 5.76 Å². The molecule has 19 heavy (non-hydrogen) atoms. The number of anilines is 1. The van der Waals surface area contributed by atoms with E-state index < -0.39 is 0 Å². The van der Waals surface area contributed by atoms with Crippen molar-refractivity contribution in [1.82, 2.24) is 9.55 Å². The van der Waals surface area contributed by atoms with E-state index in [1.165, 1.54) is 16.5 Å². The van der Waals surface area contributed by atoms with Gasteiger partial charge in [-0.05, 0) is 42.3 Å². The van der Waals surface area contributed by atoms with Crippen molar-refractivity contribution in [2.45, 2.75) is 4.90 Å². The lowest BCUT2D eigenvalue weighted by atomic mass is 10.3. The highest BCUT2D eigenvalue weighted by Crippen LogP contribution is 2.23. The third kappa shape index (κ3) is 2.34. The standard InChI is InChI=1S/C13H11N3O2S/c1-16-10-6-5-9(8-11(10)18-13(16)17)19-15-12-4-2-3-7-14-12/h2-8H,1H3,(H,14,15). The maximum absolute atomic E-state index is 11.4. The second kappa shape index (κ2) is 4.81. The molecule has 96 valence electrons. The Morgan fingerprint density at radius 3 is 3.00 bits per heavy atom. The number of rotatable bonds is 3. The van der Waals surface area contributed by atoms with Crippen LogP contribution in [0.1, 0.15) is 0 Å². The molecule has 0 amide bonds. The molecule has 6 heteroatoms. The average Bonchev–Trinajstić information content (AvgIpc) is 2.73. The zero-order chi connectivity index (χ0) is 13.2. The fourth-order valence-corrected chi connectivity index (χ4v) is 2.36. The molecule has 2 aromatic heterocycles. The fraction of sp³-hybridized carbons (Fsp3) is 0.0769. The van der Waals surface area contributed by atoms with Crippen LogP contribution < -0.4 is 10.5 Å². The normalized spacial score (nSPS) is 10.8. The van der Waals surface area contributed by atoms with Gasteiger partial charge in [-0.25, -0.2) is 9.78 Å². The van der Waals surface area contributed by atoms with Crippen molar-refractivity contribution in [3.63, 3.8) is 0 Å². The van der Waals surface area contributed by atoms with Crippen LogP contribution in [0, 0.1) is 0 Å². The molecule has 5 nitrogen and oxygen atoms in total. The van der Waals surface area contributed by atoms with Crippen molar-refractivity contribution < 1.29 is 4.42 Å². The Kier molecular flexibility index (Phi) is 3.00. The maximum atomic E-state index is 11.4. The van der Waals surface area contributed by atoms with Crippen molar-refractivity contribution in [3.8, 4) is 0 Å². The highest BCUT2D eigenvalue weighted by Gasteiger charge is 2.06. The number of hydrogen-bond donors (Lipinski definition) is 1. The van der Waals surface area contributed by atoms with Crippen LogP contribution in [-0.2, 0) is 7.05 Å². The molecule has 0 radical (unpaired) electrons. The number of aryl methyl sites for hydroxylation is 1. The summed E-state index contributed by atoms with van der Waals surface area (Å²) in [6, 6.07) is 11.3. The van der Waals surface area contributed by atoms with Gasteiger partial charge in [0, 0.05) is 18.1 Å². The van der Waals surface area contributed by atoms with Gasteiger partial charge in [-0.15, -0.1) is 0 Å². The third-order valence-corrected chi connectivity index (χ3v) is 3.50. The molecule has 0 bridgehead atoms. The summed E-state index contributed by atoms with van der Waals surface area (Å²) in [7, 11) is 1.69. The van der Waals surface area contributed by atoms with Gasteiger partial charge in [0.15, 0.2) is 5.58 Å². The molecule has 0 spiro atoms. The Balaban J connectivity index is 1.84. The average molecular weight is 273 g/mol. The summed E-state index contributed by atoms with van der Waals surface area (Å²) in [6.07, 6.45) is 1.72. The number of nitrogens with one attached hydrogen (secondary N) is 1. The van der Waals surface area contributed by atoms with E-state index in [4.69, 9.17) is 4.42 Å². The number of fused-ring (bicyclic) bond motifs is 1. The molecule has 1 aromatic carbocycles. The van der Waals surface area contributed by atoms with E-state index in [2.05, 4.69) is 9.71 Å². The van der Waals surface area contributed by atoms with Crippen LogP contribution in [0.4, 0.5) is 5.82 Å². The van der Waals surface area contributed by atoms with E-state index in [0.29, 0.717) is 5.58 Å². The first kappa shape index (κ1) is 11.9. The smallest absolute Gasteiger partial charge is 0.408 e. The first-order valence-electron chi connectivity index (χ1n) is 5.67. The van der Waals surface area contributed by atoms with Gasteiger partial charge in [0.25, 0.3) is 0 Å². The Morgan fingerprint density at radius 1 is 1.32 bits per heavy atom. The molecule has 1 N–H and O–H groups in total. The minimum absolute atomic E-state index is 0.352. The lowest BCUT2D eigenvalue weighted by molar-refractivity contribution is 0.527. The van der Waals surface area contributed by atoms with Gasteiger partial charge in [-0.3, -0.25) is 4.57 Å². The lowest BCUT2D eigenvalue weighted by Crippen LogP contribution is -2.08. The van der Waals surface area contributed by atoms with Crippen molar-refractivity contribution in [1.29, 1.82) is 0 Å². The van der Waals surface area contributed by atoms with Crippen molar-refractivity contribution in [2.24, 2.45) is 7.05 Å². The van der Waals surface area contributed by atoms with E-state index in [0.717, 1.165) is 16.2 Å². The summed E-state index contributed by atoms with van der Waals surface area (Å²) in [5, 5.41) is 0. The number of pyridine rings is 1. The highest BCUT2D eigenvalue weighted by molar-refractivity contribution is 8.00. The van der Waals surface area contributed by atoms with E-state index >= 15 is 0 Å². The summed E-state index contributed by atoms with van der Waals surface area (Å²) in [5.74, 6) is 0.428. The first-order chi connectivity index (χ1) is 9.24. The Hall–Kier alpha value is -2.21. The molecule has 2 heterocycles. The van der Waals surface area contributed by atoms with E-state index in [1.807, 2.05) is 36.4 Å². The summed E-state index contributed by atoms with van der Waals surface area (Å²) in [5.41, 5.74) is 1.37. The number of oxazole rings is 1. The topological polar surface area (TPSA) is 60.1 Å². The minimum atomic E-state index is -0.352. The summed E-state index contributed by atoms with van der Waals surface area (Å²) >= 11 is 1.42. The van der Waals surface area contributed by atoms with Crippen molar-refractivity contribution >= 4 is 28.9 Å². The summed E-state index contributed by atoms with van der Waals surface area (Å²) < 4.78 is 9.75. The van der Waals surface area contributed by atoms with Gasteiger partial charge < -0.3 is 9.14 Å². The van der Waals surface area contributed by atoms with Gasteiger partial charge in [-0.1, -0.05) is 6.07 Å². The Bertz CT molecular complexity index is 764. The Labute approximate surface area is 113 Å². The quantitative estimate of drug-likeness (QED) is 0.743. The summed E-state index contributed by atoms with van der Waals surface area (Å²) in [4.78, 5) is 16.5. The van der Waals surface area contributed by atoms with Gasteiger partial charge >= 0.3 is 5.76 Å². The van der Waals surface area contributed by atoms with Crippen LogP contribution in [0.15, 0.2) is 56.7 Å². The van der Waals surface area contributed by atoms with E-state index in [9.17, 15) is 4.79 Å². The van der Waals surface area contributed by atoms with Crippen LogP contribution in [0.3, 0.4) is 0 Å². The molecule has 0 unspecified atom stereocenters. The molecule has 0 saturated carbocycles. The minimum Gasteiger partial charge on any atom is -0.408 e. The van der Waals surface area contributed by atoms with Crippen LogP contribution in [-0.4, -0.2) is 9.55 Å². The molecule has 0 aliphatic rings. The van der Waals surface area contributed by atoms with E-state index in [1.54, 1.807) is 13.2 Å². The second-order valence-corrected chi connectivity index (χ2v) is 4.86. The predicted octanol–water partition coefficient (Wildman–Crippen LogP) is 2.65. The van der Waals surface area contributed by atoms with Gasteiger partial charge in [0.1, 0.15) is 5.82 Å². The van der Waals surface area contributed by atoms with Crippen LogP contribution in [0.2, 0.25) is 0 Å². The molecular formula is C13H11N3O2S. The zero-order valence-electron chi connectivity index (χ0n) is 10.2. The highest BCUT2D eigenvalue weighted by atomic mass is 32.2. The van der Waals surface area contributed by atoms with Gasteiger partial charge in [0.2, 0.25) is 0 Å². The molecule has 0 saturated heterocycles. The molecular weight excluding hydrogens is 262 g/mol. The molecule has 0 atom stereocenters. The fourth-order valence-electron chi connectivity index (χ4n) is 1.71. The molecule has 0 aliphatic heterocycles. The third-order valence-electron chi connectivity index (χ3n) is 2.70. The Morgan fingerprint density at radius 2 is 2.21 bits per heavy atom. The maximum Gasteiger partial charge on any atom is 0.419 e. The summed E-state index contributed by atoms with van der Waals surface area (Å²) in [6.45, 7) is 0. The largest absolute Gasteiger partial charge is 0.419 e. The van der Waals surface area contributed by atoms with Crippen LogP contribution >= 0.6 is 11.9 Å². The van der Waals surface area contributed by atoms with Crippen LogP contribution in [0.5, 0.6) is 0 Å². The number of nitrogens with zero attached hydrogens (tertiary/aromatic N) is 2. The molecule has 0 fully saturated rings. The predicted molar refractivity (Wildman–Crippen MR) is 75.2 cm³/mol. The second-order valence-electron chi connectivity index (χ2n) is 3.98. The first-order valence-corrected chi connectivity index (χ1v) is 6.49. The SMILES string of the molecule is Cn1c(=O)oc2cc(SNc3ccccn3)ccc21. The molecule has 3 rings (SSSR count). The zero-order valence-corrected chi connectivity index (χ0v) is 11.0. The molecule has 3 aromatic rings. The number of benzene rings is 1. The number of aromatic nitrogens is 2. The monoisotopic (exact) mass is 273 g/mol. The van der Waals surface area contributed by atoms with Crippen molar-refractivity contribution in [3.05, 3.63) is 53.1 Å². The number of hydrogen-bond acceptors (Lipinski definition) is 5. The molecule has 0 aliphatic carbocycles. The van der Waals surface area contributed by atoms with Gasteiger partial charge in [-0.2, -0.15) is 0 Å². The van der Waals surface area contributed by atoms with Crippen molar-refractivity contribution in [2.75, 3.05) is 4.72 Å². The van der Waals surface area contributed by atoms with Crippen LogP contribution in [0.25, 0.3) is 11.1 Å². The lowest BCUT2D eigenvalue weighted by Gasteiger charge is -2.03.